The summed E-state index contributed by atoms with van der Waals surface area (Å²) in [4.78, 5) is 36.5. The number of aryl methyl sites for hydroxylation is 1. The smallest absolute Gasteiger partial charge is 0.268 e. The number of benzene rings is 2. The van der Waals surface area contributed by atoms with E-state index in [9.17, 15) is 19.7 Å². The Morgan fingerprint density at radius 3 is 2.64 bits per heavy atom. The summed E-state index contributed by atoms with van der Waals surface area (Å²) in [5.41, 5.74) is 2.35. The SMILES string of the molecule is Cc1ccccc1/C=C1/SC(=O)N(Cc2cccc([N+](=O)[O-])c2)C1=O. The van der Waals surface area contributed by atoms with E-state index in [1.807, 2.05) is 31.2 Å². The summed E-state index contributed by atoms with van der Waals surface area (Å²) in [7, 11) is 0. The number of hydrogen-bond acceptors (Lipinski definition) is 5. The number of imide groups is 1. The van der Waals surface area contributed by atoms with E-state index in [4.69, 9.17) is 0 Å². The molecule has 0 aromatic heterocycles. The van der Waals surface area contributed by atoms with E-state index in [1.54, 1.807) is 12.1 Å². The second-order valence-corrected chi connectivity index (χ2v) is 6.54. The lowest BCUT2D eigenvalue weighted by atomic mass is 10.1. The first-order valence-corrected chi connectivity index (χ1v) is 8.31. The molecule has 0 unspecified atom stereocenters. The summed E-state index contributed by atoms with van der Waals surface area (Å²) in [6.07, 6.45) is 1.70. The van der Waals surface area contributed by atoms with Crippen molar-refractivity contribution in [3.05, 3.63) is 80.2 Å². The third-order valence-electron chi connectivity index (χ3n) is 3.81. The molecule has 2 aromatic rings. The zero-order chi connectivity index (χ0) is 18.0. The highest BCUT2D eigenvalue weighted by Crippen LogP contribution is 2.34. The van der Waals surface area contributed by atoms with E-state index in [0.717, 1.165) is 27.8 Å². The molecule has 6 nitrogen and oxygen atoms in total. The predicted octanol–water partition coefficient (Wildman–Crippen LogP) is 4.14. The molecule has 0 radical (unpaired) electrons. The molecule has 1 fully saturated rings. The molecule has 0 bridgehead atoms. The molecule has 3 rings (SSSR count). The second kappa shape index (κ2) is 6.90. The van der Waals surface area contributed by atoms with Crippen LogP contribution in [0.1, 0.15) is 16.7 Å². The highest BCUT2D eigenvalue weighted by Gasteiger charge is 2.35. The van der Waals surface area contributed by atoms with Crippen LogP contribution < -0.4 is 0 Å². The fourth-order valence-electron chi connectivity index (χ4n) is 2.48. The number of carbonyl (C=O) groups is 2. The van der Waals surface area contributed by atoms with E-state index in [2.05, 4.69) is 0 Å². The highest BCUT2D eigenvalue weighted by atomic mass is 32.2. The molecular weight excluding hydrogens is 340 g/mol. The van der Waals surface area contributed by atoms with Crippen LogP contribution >= 0.6 is 11.8 Å². The van der Waals surface area contributed by atoms with Crippen molar-refractivity contribution >= 4 is 34.7 Å². The largest absolute Gasteiger partial charge is 0.293 e. The molecule has 0 N–H and O–H groups in total. The molecule has 25 heavy (non-hydrogen) atoms. The number of rotatable bonds is 4. The van der Waals surface area contributed by atoms with Crippen molar-refractivity contribution in [2.75, 3.05) is 0 Å². The minimum atomic E-state index is -0.505. The summed E-state index contributed by atoms with van der Waals surface area (Å²) in [6.45, 7) is 1.94. The number of carbonyl (C=O) groups excluding carboxylic acids is 2. The number of nitro groups is 1. The Balaban J connectivity index is 1.84. The monoisotopic (exact) mass is 354 g/mol. The molecule has 1 saturated heterocycles. The van der Waals surface area contributed by atoms with Gasteiger partial charge in [0.25, 0.3) is 16.8 Å². The quantitative estimate of drug-likeness (QED) is 0.468. The topological polar surface area (TPSA) is 80.5 Å². The lowest BCUT2D eigenvalue weighted by Gasteiger charge is -2.12. The number of hydrogen-bond donors (Lipinski definition) is 0. The van der Waals surface area contributed by atoms with Crippen molar-refractivity contribution in [2.24, 2.45) is 0 Å². The van der Waals surface area contributed by atoms with Crippen molar-refractivity contribution in [1.29, 1.82) is 0 Å². The van der Waals surface area contributed by atoms with Crippen LogP contribution in [-0.4, -0.2) is 21.0 Å². The standard InChI is InChI=1S/C18H14N2O4S/c1-12-5-2-3-7-14(12)10-16-17(21)19(18(22)25-16)11-13-6-4-8-15(9-13)20(23)24/h2-10H,11H2,1H3/b16-10+. The van der Waals surface area contributed by atoms with Crippen molar-refractivity contribution in [2.45, 2.75) is 13.5 Å². The van der Waals surface area contributed by atoms with Crippen molar-refractivity contribution in [3.8, 4) is 0 Å². The summed E-state index contributed by atoms with van der Waals surface area (Å²) in [5.74, 6) is -0.384. The molecule has 2 aromatic carbocycles. The Kier molecular flexibility index (Phi) is 4.67. The summed E-state index contributed by atoms with van der Waals surface area (Å²) in [6, 6.07) is 13.5. The van der Waals surface area contributed by atoms with Gasteiger partial charge in [-0.3, -0.25) is 24.6 Å². The van der Waals surface area contributed by atoms with Gasteiger partial charge in [-0.15, -0.1) is 0 Å². The minimum Gasteiger partial charge on any atom is -0.268 e. The molecule has 1 heterocycles. The average molecular weight is 354 g/mol. The molecule has 1 aliphatic heterocycles. The first-order chi connectivity index (χ1) is 12.0. The van der Waals surface area contributed by atoms with Crippen LogP contribution in [0.5, 0.6) is 0 Å². The Labute approximate surface area is 148 Å². The Hall–Kier alpha value is -2.93. The van der Waals surface area contributed by atoms with Gasteiger partial charge >= 0.3 is 0 Å². The lowest BCUT2D eigenvalue weighted by Crippen LogP contribution is -2.27. The van der Waals surface area contributed by atoms with E-state index in [0.29, 0.717) is 10.5 Å². The second-order valence-electron chi connectivity index (χ2n) is 5.55. The molecule has 0 spiro atoms. The van der Waals surface area contributed by atoms with Crippen LogP contribution in [0.4, 0.5) is 10.5 Å². The Morgan fingerprint density at radius 2 is 1.92 bits per heavy atom. The summed E-state index contributed by atoms with van der Waals surface area (Å²) in [5, 5.41) is 10.5. The van der Waals surface area contributed by atoms with Gasteiger partial charge in [-0.05, 0) is 41.5 Å². The van der Waals surface area contributed by atoms with Crippen LogP contribution in [0.3, 0.4) is 0 Å². The molecule has 7 heteroatoms. The third kappa shape index (κ3) is 3.61. The third-order valence-corrected chi connectivity index (χ3v) is 4.72. The summed E-state index contributed by atoms with van der Waals surface area (Å²) < 4.78 is 0. The van der Waals surface area contributed by atoms with Crippen molar-refractivity contribution in [3.63, 3.8) is 0 Å². The van der Waals surface area contributed by atoms with Gasteiger partial charge in [0.2, 0.25) is 0 Å². The first kappa shape index (κ1) is 16.9. The molecule has 0 saturated carbocycles. The Bertz CT molecular complexity index is 907. The molecule has 2 amide bonds. The van der Waals surface area contributed by atoms with E-state index < -0.39 is 4.92 Å². The number of amides is 2. The minimum absolute atomic E-state index is 0.0114. The molecule has 126 valence electrons. The maximum atomic E-state index is 12.5. The van der Waals surface area contributed by atoms with Gasteiger partial charge in [-0.2, -0.15) is 0 Å². The average Bonchev–Trinajstić information content (AvgIpc) is 2.85. The van der Waals surface area contributed by atoms with Gasteiger partial charge in [0, 0.05) is 12.1 Å². The van der Waals surface area contributed by atoms with Gasteiger partial charge in [0.1, 0.15) is 0 Å². The lowest BCUT2D eigenvalue weighted by molar-refractivity contribution is -0.384. The van der Waals surface area contributed by atoms with Gasteiger partial charge < -0.3 is 0 Å². The first-order valence-electron chi connectivity index (χ1n) is 7.50. The number of nitro benzene ring substituents is 1. The Morgan fingerprint density at radius 1 is 1.16 bits per heavy atom. The van der Waals surface area contributed by atoms with E-state index in [-0.39, 0.29) is 23.4 Å². The van der Waals surface area contributed by atoms with E-state index in [1.165, 1.54) is 18.2 Å². The fourth-order valence-corrected chi connectivity index (χ4v) is 3.31. The van der Waals surface area contributed by atoms with Crippen LogP contribution in [0, 0.1) is 17.0 Å². The number of non-ortho nitro benzene ring substituents is 1. The van der Waals surface area contributed by atoms with Gasteiger partial charge in [0.05, 0.1) is 16.4 Å². The van der Waals surface area contributed by atoms with Crippen LogP contribution in [0.2, 0.25) is 0 Å². The zero-order valence-electron chi connectivity index (χ0n) is 13.3. The predicted molar refractivity (Wildman–Crippen MR) is 95.8 cm³/mol. The van der Waals surface area contributed by atoms with Gasteiger partial charge in [-0.1, -0.05) is 36.4 Å². The van der Waals surface area contributed by atoms with Crippen LogP contribution in [-0.2, 0) is 11.3 Å². The fraction of sp³-hybridized carbons (Fsp3) is 0.111. The van der Waals surface area contributed by atoms with Gasteiger partial charge in [-0.25, -0.2) is 0 Å². The number of thioether (sulfide) groups is 1. The maximum Gasteiger partial charge on any atom is 0.293 e. The number of nitrogens with zero attached hydrogens (tertiary/aromatic N) is 2. The highest BCUT2D eigenvalue weighted by molar-refractivity contribution is 8.18. The normalized spacial score (nSPS) is 15.9. The van der Waals surface area contributed by atoms with Crippen molar-refractivity contribution in [1.82, 2.24) is 4.90 Å². The van der Waals surface area contributed by atoms with Crippen LogP contribution in [0.25, 0.3) is 6.08 Å². The summed E-state index contributed by atoms with van der Waals surface area (Å²) >= 11 is 0.880. The molecule has 0 aliphatic carbocycles. The van der Waals surface area contributed by atoms with Gasteiger partial charge in [0.15, 0.2) is 0 Å². The van der Waals surface area contributed by atoms with E-state index >= 15 is 0 Å². The van der Waals surface area contributed by atoms with Crippen molar-refractivity contribution < 1.29 is 14.5 Å². The maximum absolute atomic E-state index is 12.5. The molecular formula is C18H14N2O4S. The molecule has 1 aliphatic rings. The zero-order valence-corrected chi connectivity index (χ0v) is 14.2. The van der Waals surface area contributed by atoms with Crippen LogP contribution in [0.15, 0.2) is 53.4 Å². The molecule has 0 atom stereocenters.